The predicted octanol–water partition coefficient (Wildman–Crippen LogP) is 3.62. The first kappa shape index (κ1) is 10.3. The van der Waals surface area contributed by atoms with E-state index in [2.05, 4.69) is 0 Å². The minimum absolute atomic E-state index is 0.144. The molecule has 1 nitrogen and oxygen atoms in total. The first-order chi connectivity index (χ1) is 6.66. The van der Waals surface area contributed by atoms with E-state index < -0.39 is 0 Å². The molecule has 2 atom stereocenters. The molecular formula is C11H12Cl2O. The molecule has 2 rings (SSSR count). The normalized spacial score (nSPS) is 26.8. The largest absolute Gasteiger partial charge is 0.393 e. The van der Waals surface area contributed by atoms with Gasteiger partial charge in [0.2, 0.25) is 0 Å². The molecule has 1 aromatic rings. The second-order valence-corrected chi connectivity index (χ2v) is 4.65. The molecule has 0 saturated heterocycles. The summed E-state index contributed by atoms with van der Waals surface area (Å²) in [6.45, 7) is 0. The zero-order chi connectivity index (χ0) is 10.1. The third-order valence-corrected chi connectivity index (χ3v) is 3.56. The van der Waals surface area contributed by atoms with Gasteiger partial charge in [0.05, 0.1) is 16.1 Å². The van der Waals surface area contributed by atoms with Gasteiger partial charge in [-0.3, -0.25) is 0 Å². The van der Waals surface area contributed by atoms with Crippen LogP contribution >= 0.6 is 23.2 Å². The molecule has 1 saturated carbocycles. The van der Waals surface area contributed by atoms with Crippen LogP contribution in [0.5, 0.6) is 0 Å². The van der Waals surface area contributed by atoms with Crippen LogP contribution in [-0.4, -0.2) is 11.2 Å². The van der Waals surface area contributed by atoms with Crippen molar-refractivity contribution >= 4 is 23.2 Å². The van der Waals surface area contributed by atoms with E-state index in [1.807, 2.05) is 18.2 Å². The molecule has 0 amide bonds. The van der Waals surface area contributed by atoms with Crippen molar-refractivity contribution in [1.29, 1.82) is 0 Å². The van der Waals surface area contributed by atoms with Crippen molar-refractivity contribution in [1.82, 2.24) is 0 Å². The Hall–Kier alpha value is -0.240. The average Bonchev–Trinajstić information content (AvgIpc) is 2.57. The Kier molecular flexibility index (Phi) is 3.01. The number of halogens is 2. The van der Waals surface area contributed by atoms with Crippen LogP contribution in [0.15, 0.2) is 18.2 Å². The molecule has 14 heavy (non-hydrogen) atoms. The fourth-order valence-corrected chi connectivity index (χ4v) is 2.33. The number of benzene rings is 1. The molecule has 0 heterocycles. The van der Waals surface area contributed by atoms with Crippen LogP contribution in [0.4, 0.5) is 0 Å². The fourth-order valence-electron chi connectivity index (χ4n) is 2.03. The number of aliphatic hydroxyl groups excluding tert-OH is 1. The van der Waals surface area contributed by atoms with Gasteiger partial charge in [-0.15, -0.1) is 0 Å². The Balaban J connectivity index is 2.20. The van der Waals surface area contributed by atoms with E-state index >= 15 is 0 Å². The Morgan fingerprint density at radius 1 is 1.14 bits per heavy atom. The number of aliphatic hydroxyl groups is 1. The second kappa shape index (κ2) is 4.09. The van der Waals surface area contributed by atoms with E-state index in [9.17, 15) is 5.11 Å². The SMILES string of the molecule is OC1CCC(c2ccc(Cl)c(Cl)c2)C1. The smallest absolute Gasteiger partial charge is 0.0595 e. The van der Waals surface area contributed by atoms with Gasteiger partial charge in [0.15, 0.2) is 0 Å². The standard InChI is InChI=1S/C11H12Cl2O/c12-10-4-2-8(6-11(10)13)7-1-3-9(14)5-7/h2,4,6-7,9,14H,1,3,5H2. The van der Waals surface area contributed by atoms with Crippen molar-refractivity contribution in [2.45, 2.75) is 31.3 Å². The molecule has 1 aliphatic carbocycles. The van der Waals surface area contributed by atoms with Gasteiger partial charge in [-0.1, -0.05) is 29.3 Å². The number of hydrogen-bond acceptors (Lipinski definition) is 1. The predicted molar refractivity (Wildman–Crippen MR) is 59.1 cm³/mol. The minimum atomic E-state index is -0.144. The summed E-state index contributed by atoms with van der Waals surface area (Å²) >= 11 is 11.8. The van der Waals surface area contributed by atoms with E-state index in [0.29, 0.717) is 16.0 Å². The van der Waals surface area contributed by atoms with E-state index in [0.717, 1.165) is 19.3 Å². The number of hydrogen-bond donors (Lipinski definition) is 1. The van der Waals surface area contributed by atoms with Gasteiger partial charge in [0, 0.05) is 0 Å². The van der Waals surface area contributed by atoms with E-state index in [1.54, 1.807) is 0 Å². The average molecular weight is 231 g/mol. The van der Waals surface area contributed by atoms with Crippen LogP contribution < -0.4 is 0 Å². The molecule has 1 fully saturated rings. The van der Waals surface area contributed by atoms with Crippen molar-refractivity contribution < 1.29 is 5.11 Å². The summed E-state index contributed by atoms with van der Waals surface area (Å²) in [5, 5.41) is 10.6. The van der Waals surface area contributed by atoms with E-state index in [1.165, 1.54) is 5.56 Å². The highest BCUT2D eigenvalue weighted by atomic mass is 35.5. The highest BCUT2D eigenvalue weighted by molar-refractivity contribution is 6.42. The molecule has 0 spiro atoms. The molecule has 0 aliphatic heterocycles. The summed E-state index contributed by atoms with van der Waals surface area (Å²) in [5.74, 6) is 0.444. The quantitative estimate of drug-likeness (QED) is 0.782. The Morgan fingerprint density at radius 2 is 1.93 bits per heavy atom. The van der Waals surface area contributed by atoms with Crippen molar-refractivity contribution in [2.24, 2.45) is 0 Å². The molecule has 0 bridgehead atoms. The van der Waals surface area contributed by atoms with Crippen LogP contribution in [0.3, 0.4) is 0 Å². The van der Waals surface area contributed by atoms with Gasteiger partial charge in [-0.05, 0) is 42.9 Å². The summed E-state index contributed by atoms with van der Waals surface area (Å²) in [7, 11) is 0. The van der Waals surface area contributed by atoms with Gasteiger partial charge in [-0.25, -0.2) is 0 Å². The van der Waals surface area contributed by atoms with Gasteiger partial charge >= 0.3 is 0 Å². The molecule has 0 aromatic heterocycles. The Bertz CT molecular complexity index is 338. The van der Waals surface area contributed by atoms with Crippen LogP contribution in [0, 0.1) is 0 Å². The first-order valence-corrected chi connectivity index (χ1v) is 5.55. The Labute approximate surface area is 93.7 Å². The lowest BCUT2D eigenvalue weighted by molar-refractivity contribution is 0.181. The summed E-state index contributed by atoms with van der Waals surface area (Å²) in [4.78, 5) is 0. The van der Waals surface area contributed by atoms with Crippen molar-refractivity contribution in [2.75, 3.05) is 0 Å². The van der Waals surface area contributed by atoms with Crippen LogP contribution in [0.25, 0.3) is 0 Å². The monoisotopic (exact) mass is 230 g/mol. The lowest BCUT2D eigenvalue weighted by Gasteiger charge is -2.10. The summed E-state index contributed by atoms with van der Waals surface area (Å²) in [6, 6.07) is 5.73. The molecule has 3 heteroatoms. The molecule has 1 aliphatic rings. The van der Waals surface area contributed by atoms with Crippen LogP contribution in [0.2, 0.25) is 10.0 Å². The molecule has 0 radical (unpaired) electrons. The Morgan fingerprint density at radius 3 is 2.50 bits per heavy atom. The van der Waals surface area contributed by atoms with Crippen molar-refractivity contribution in [3.63, 3.8) is 0 Å². The zero-order valence-electron chi connectivity index (χ0n) is 7.71. The lowest BCUT2D eigenvalue weighted by atomic mass is 9.98. The van der Waals surface area contributed by atoms with E-state index in [-0.39, 0.29) is 6.10 Å². The van der Waals surface area contributed by atoms with Gasteiger partial charge in [0.1, 0.15) is 0 Å². The van der Waals surface area contributed by atoms with Gasteiger partial charge in [0.25, 0.3) is 0 Å². The van der Waals surface area contributed by atoms with Crippen molar-refractivity contribution in [3.8, 4) is 0 Å². The third kappa shape index (κ3) is 2.05. The van der Waals surface area contributed by atoms with Gasteiger partial charge < -0.3 is 5.11 Å². The maximum absolute atomic E-state index is 9.43. The first-order valence-electron chi connectivity index (χ1n) is 4.80. The fraction of sp³-hybridized carbons (Fsp3) is 0.455. The topological polar surface area (TPSA) is 20.2 Å². The summed E-state index contributed by atoms with van der Waals surface area (Å²) < 4.78 is 0. The maximum atomic E-state index is 9.43. The summed E-state index contributed by atoms with van der Waals surface area (Å²) in [6.07, 6.45) is 2.64. The molecular weight excluding hydrogens is 219 g/mol. The maximum Gasteiger partial charge on any atom is 0.0595 e. The number of rotatable bonds is 1. The van der Waals surface area contributed by atoms with Crippen LogP contribution in [-0.2, 0) is 0 Å². The third-order valence-electron chi connectivity index (χ3n) is 2.82. The molecule has 2 unspecified atom stereocenters. The molecule has 1 N–H and O–H groups in total. The lowest BCUT2D eigenvalue weighted by Crippen LogP contribution is -1.99. The summed E-state index contributed by atoms with van der Waals surface area (Å²) in [5.41, 5.74) is 1.19. The second-order valence-electron chi connectivity index (χ2n) is 3.84. The van der Waals surface area contributed by atoms with Gasteiger partial charge in [-0.2, -0.15) is 0 Å². The zero-order valence-corrected chi connectivity index (χ0v) is 9.22. The molecule has 76 valence electrons. The molecule has 1 aromatic carbocycles. The van der Waals surface area contributed by atoms with Crippen molar-refractivity contribution in [3.05, 3.63) is 33.8 Å². The minimum Gasteiger partial charge on any atom is -0.393 e. The highest BCUT2D eigenvalue weighted by Gasteiger charge is 2.24. The highest BCUT2D eigenvalue weighted by Crippen LogP contribution is 2.36. The van der Waals surface area contributed by atoms with E-state index in [4.69, 9.17) is 23.2 Å². The van der Waals surface area contributed by atoms with Crippen LogP contribution in [0.1, 0.15) is 30.7 Å².